The third kappa shape index (κ3) is 2.16. The van der Waals surface area contributed by atoms with Crippen LogP contribution in [0.5, 0.6) is 0 Å². The Morgan fingerprint density at radius 3 is 2.67 bits per heavy atom. The topological polar surface area (TPSA) is 86.7 Å². The summed E-state index contributed by atoms with van der Waals surface area (Å²) in [5, 5.41) is 8.30. The minimum Gasteiger partial charge on any atom is -0.481 e. The Morgan fingerprint density at radius 1 is 1.58 bits per heavy atom. The van der Waals surface area contributed by atoms with Crippen LogP contribution >= 0.6 is 0 Å². The van der Waals surface area contributed by atoms with Gasteiger partial charge < -0.3 is 5.11 Å². The van der Waals surface area contributed by atoms with E-state index in [4.69, 9.17) is 5.11 Å². The van der Waals surface area contributed by atoms with Crippen molar-refractivity contribution in [3.63, 3.8) is 0 Å². The summed E-state index contributed by atoms with van der Waals surface area (Å²) < 4.78 is 25.4. The first kappa shape index (κ1) is 9.43. The maximum atomic E-state index is 11.0. The van der Waals surface area contributed by atoms with E-state index in [2.05, 4.69) is 4.72 Å². The van der Waals surface area contributed by atoms with E-state index in [1.807, 2.05) is 0 Å². The summed E-state index contributed by atoms with van der Waals surface area (Å²) >= 11 is 0. The molecule has 0 unspecified atom stereocenters. The van der Waals surface area contributed by atoms with Crippen molar-refractivity contribution in [2.45, 2.75) is 6.42 Å². The summed E-state index contributed by atoms with van der Waals surface area (Å²) in [6, 6.07) is 0. The van der Waals surface area contributed by atoms with Crippen LogP contribution in [0.15, 0.2) is 0 Å². The molecule has 1 aliphatic heterocycles. The van der Waals surface area contributed by atoms with Crippen LogP contribution in [0.1, 0.15) is 6.42 Å². The number of carboxylic acids is 1. The zero-order valence-electron chi connectivity index (χ0n) is 6.36. The molecule has 1 heterocycles. The molecule has 0 atom stereocenters. The van der Waals surface area contributed by atoms with Gasteiger partial charge in [0.15, 0.2) is 0 Å². The van der Waals surface area contributed by atoms with Crippen LogP contribution in [0.3, 0.4) is 0 Å². The monoisotopic (exact) mass is 194 g/mol. The smallest absolute Gasteiger partial charge is 0.304 e. The molecule has 0 amide bonds. The molecule has 1 saturated heterocycles. The van der Waals surface area contributed by atoms with Crippen molar-refractivity contribution in [2.24, 2.45) is 0 Å². The second-order valence-electron chi connectivity index (χ2n) is 2.44. The maximum Gasteiger partial charge on any atom is 0.304 e. The van der Waals surface area contributed by atoms with Gasteiger partial charge in [-0.05, 0) is 0 Å². The fourth-order valence-corrected chi connectivity index (χ4v) is 2.16. The maximum absolute atomic E-state index is 11.0. The molecule has 0 aromatic carbocycles. The van der Waals surface area contributed by atoms with Crippen LogP contribution in [0.25, 0.3) is 0 Å². The molecule has 1 aliphatic rings. The molecule has 0 aromatic heterocycles. The molecule has 7 heteroatoms. The summed E-state index contributed by atoms with van der Waals surface area (Å²) in [6.45, 7) is 0.766. The molecule has 1 rings (SSSR count). The van der Waals surface area contributed by atoms with Crippen molar-refractivity contribution >= 4 is 16.2 Å². The second-order valence-corrected chi connectivity index (χ2v) is 4.20. The van der Waals surface area contributed by atoms with Gasteiger partial charge in [0, 0.05) is 19.6 Å². The van der Waals surface area contributed by atoms with Crippen molar-refractivity contribution in [1.82, 2.24) is 9.03 Å². The lowest BCUT2D eigenvalue weighted by Crippen LogP contribution is -2.31. The van der Waals surface area contributed by atoms with Gasteiger partial charge in [-0.2, -0.15) is 12.7 Å². The molecule has 6 nitrogen and oxygen atoms in total. The van der Waals surface area contributed by atoms with Crippen LogP contribution in [0.2, 0.25) is 0 Å². The number of rotatable bonds is 3. The number of carboxylic acid groups (broad SMARTS) is 1. The average Bonchev–Trinajstić information content (AvgIpc) is 2.25. The van der Waals surface area contributed by atoms with Crippen molar-refractivity contribution in [3.05, 3.63) is 0 Å². The molecule has 0 aliphatic carbocycles. The summed E-state index contributed by atoms with van der Waals surface area (Å²) in [4.78, 5) is 10.1. The largest absolute Gasteiger partial charge is 0.481 e. The van der Waals surface area contributed by atoms with Crippen LogP contribution in [-0.2, 0) is 15.0 Å². The minimum absolute atomic E-state index is 0.0463. The Morgan fingerprint density at radius 2 is 2.25 bits per heavy atom. The van der Waals surface area contributed by atoms with Crippen molar-refractivity contribution in [1.29, 1.82) is 0 Å². The van der Waals surface area contributed by atoms with E-state index in [1.165, 1.54) is 0 Å². The van der Waals surface area contributed by atoms with E-state index in [0.29, 0.717) is 13.1 Å². The number of nitrogens with zero attached hydrogens (tertiary/aromatic N) is 1. The van der Waals surface area contributed by atoms with E-state index in [9.17, 15) is 13.2 Å². The Bertz CT molecular complexity index is 273. The van der Waals surface area contributed by atoms with E-state index >= 15 is 0 Å². The molecule has 0 radical (unpaired) electrons. The van der Waals surface area contributed by atoms with Gasteiger partial charge in [0.25, 0.3) is 10.2 Å². The highest BCUT2D eigenvalue weighted by Crippen LogP contribution is 2.04. The summed E-state index contributed by atoms with van der Waals surface area (Å²) in [5.41, 5.74) is 0. The molecule has 0 bridgehead atoms. The molecule has 70 valence electrons. The highest BCUT2D eigenvalue weighted by Gasteiger charge is 2.27. The first-order chi connectivity index (χ1) is 5.52. The van der Waals surface area contributed by atoms with Crippen molar-refractivity contribution in [3.8, 4) is 0 Å². The lowest BCUT2D eigenvalue weighted by molar-refractivity contribution is -0.137. The quantitative estimate of drug-likeness (QED) is 0.579. The molecular weight excluding hydrogens is 184 g/mol. The van der Waals surface area contributed by atoms with Crippen LogP contribution in [0, 0.1) is 0 Å². The second kappa shape index (κ2) is 3.38. The predicted molar refractivity (Wildman–Crippen MR) is 40.7 cm³/mol. The van der Waals surface area contributed by atoms with Gasteiger partial charge in [-0.3, -0.25) is 4.79 Å². The normalized spacial score (nSPS) is 22.7. The Hall–Kier alpha value is -0.660. The summed E-state index contributed by atoms with van der Waals surface area (Å²) in [6.07, 6.45) is -0.152. The Kier molecular flexibility index (Phi) is 2.65. The van der Waals surface area contributed by atoms with E-state index in [1.54, 1.807) is 0 Å². The number of aliphatic carboxylic acids is 1. The zero-order valence-corrected chi connectivity index (χ0v) is 7.17. The lowest BCUT2D eigenvalue weighted by Gasteiger charge is -2.10. The molecule has 1 fully saturated rings. The van der Waals surface area contributed by atoms with E-state index < -0.39 is 16.2 Å². The predicted octanol–water partition coefficient (Wildman–Crippen LogP) is -1.39. The van der Waals surface area contributed by atoms with Crippen molar-refractivity contribution in [2.75, 3.05) is 19.6 Å². The third-order valence-corrected chi connectivity index (χ3v) is 3.17. The highest BCUT2D eigenvalue weighted by atomic mass is 32.2. The Balaban J connectivity index is 2.48. The Labute approximate surface area is 70.4 Å². The van der Waals surface area contributed by atoms with Crippen molar-refractivity contribution < 1.29 is 18.3 Å². The van der Waals surface area contributed by atoms with Gasteiger partial charge in [0.2, 0.25) is 0 Å². The fraction of sp³-hybridized carbons (Fsp3) is 0.800. The SMILES string of the molecule is O=C(O)CCN1CCNS1(=O)=O. The van der Waals surface area contributed by atoms with E-state index in [0.717, 1.165) is 4.31 Å². The van der Waals surface area contributed by atoms with Gasteiger partial charge in [-0.1, -0.05) is 0 Å². The molecule has 12 heavy (non-hydrogen) atoms. The summed E-state index contributed by atoms with van der Waals surface area (Å²) in [7, 11) is -3.36. The highest BCUT2D eigenvalue weighted by molar-refractivity contribution is 7.87. The van der Waals surface area contributed by atoms with Gasteiger partial charge in [-0.15, -0.1) is 0 Å². The first-order valence-electron chi connectivity index (χ1n) is 3.49. The minimum atomic E-state index is -3.36. The van der Waals surface area contributed by atoms with Gasteiger partial charge >= 0.3 is 5.97 Å². The lowest BCUT2D eigenvalue weighted by atomic mass is 10.4. The molecule has 0 aromatic rings. The molecular formula is C5H10N2O4S. The molecule has 0 saturated carbocycles. The van der Waals surface area contributed by atoms with Gasteiger partial charge in [0.05, 0.1) is 6.42 Å². The number of hydrogen-bond donors (Lipinski definition) is 2. The van der Waals surface area contributed by atoms with Crippen LogP contribution in [0.4, 0.5) is 0 Å². The fourth-order valence-electron chi connectivity index (χ4n) is 0.963. The van der Waals surface area contributed by atoms with E-state index in [-0.39, 0.29) is 13.0 Å². The standard InChI is InChI=1S/C5H10N2O4S/c8-5(9)1-3-7-4-2-6-12(7,10)11/h6H,1-4H2,(H,8,9). The first-order valence-corrected chi connectivity index (χ1v) is 4.93. The number of carbonyl (C=O) groups is 1. The summed E-state index contributed by atoms with van der Waals surface area (Å²) in [5.74, 6) is -0.989. The number of hydrogen-bond acceptors (Lipinski definition) is 3. The third-order valence-electron chi connectivity index (χ3n) is 1.56. The van der Waals surface area contributed by atoms with Crippen LogP contribution in [-0.4, -0.2) is 43.4 Å². The van der Waals surface area contributed by atoms with Crippen LogP contribution < -0.4 is 4.72 Å². The average molecular weight is 194 g/mol. The number of nitrogens with one attached hydrogen (secondary N) is 1. The molecule has 0 spiro atoms. The van der Waals surface area contributed by atoms with Gasteiger partial charge in [0.1, 0.15) is 0 Å². The zero-order chi connectivity index (χ0) is 9.19. The van der Waals surface area contributed by atoms with Gasteiger partial charge in [-0.25, -0.2) is 4.72 Å². The molecule has 2 N–H and O–H groups in total.